The van der Waals surface area contributed by atoms with Crippen LogP contribution in [0.25, 0.3) is 0 Å². The molecule has 0 bridgehead atoms. The Balaban J connectivity index is 1.35. The van der Waals surface area contributed by atoms with Crippen molar-refractivity contribution in [3.05, 3.63) is 53.3 Å². The van der Waals surface area contributed by atoms with Gasteiger partial charge in [-0.15, -0.1) is 0 Å². The number of likely N-dealkylation sites (tertiary alicyclic amines) is 1. The van der Waals surface area contributed by atoms with E-state index in [2.05, 4.69) is 37.8 Å². The van der Waals surface area contributed by atoms with Crippen LogP contribution in [-0.4, -0.2) is 76.4 Å². The van der Waals surface area contributed by atoms with Crippen LogP contribution in [0.15, 0.2) is 41.6 Å². The number of hydrogen-bond donors (Lipinski definition) is 4. The van der Waals surface area contributed by atoms with E-state index >= 15 is 0 Å². The number of carboxylic acid groups (broad SMARTS) is 1. The molecule has 0 aliphatic carbocycles. The molecular formula is C30H37N7O6S. The van der Waals surface area contributed by atoms with E-state index in [4.69, 9.17) is 9.84 Å². The highest BCUT2D eigenvalue weighted by Crippen LogP contribution is 2.45. The van der Waals surface area contributed by atoms with Gasteiger partial charge in [-0.25, -0.2) is 23.2 Å². The van der Waals surface area contributed by atoms with Gasteiger partial charge in [0, 0.05) is 25.1 Å². The van der Waals surface area contributed by atoms with Crippen molar-refractivity contribution in [2.24, 2.45) is 0 Å². The summed E-state index contributed by atoms with van der Waals surface area (Å²) in [6.07, 6.45) is 2.39. The van der Waals surface area contributed by atoms with Crippen molar-refractivity contribution >= 4 is 45.1 Å². The molecule has 14 heteroatoms. The first-order valence-corrected chi connectivity index (χ1v) is 16.1. The number of nitrogens with zero attached hydrogens (tertiary/aromatic N) is 4. The number of carbonyl (C=O) groups excluding carboxylic acids is 1. The summed E-state index contributed by atoms with van der Waals surface area (Å²) in [5.74, 6) is 1.21. The van der Waals surface area contributed by atoms with Gasteiger partial charge in [0.05, 0.1) is 21.5 Å². The highest BCUT2D eigenvalue weighted by atomic mass is 32.2. The Kier molecular flexibility index (Phi) is 8.90. The molecule has 44 heavy (non-hydrogen) atoms. The average Bonchev–Trinajstić information content (AvgIpc) is 3.37. The van der Waals surface area contributed by atoms with Crippen molar-refractivity contribution in [1.82, 2.24) is 25.2 Å². The van der Waals surface area contributed by atoms with Crippen LogP contribution < -0.4 is 20.7 Å². The Labute approximate surface area is 256 Å². The first-order valence-electron chi connectivity index (χ1n) is 14.6. The molecule has 2 aliphatic rings. The van der Waals surface area contributed by atoms with E-state index in [-0.39, 0.29) is 41.3 Å². The molecular weight excluding hydrogens is 586 g/mol. The summed E-state index contributed by atoms with van der Waals surface area (Å²) in [6, 6.07) is 8.66. The van der Waals surface area contributed by atoms with E-state index in [1.807, 2.05) is 13.0 Å². The van der Waals surface area contributed by atoms with Crippen LogP contribution in [0.2, 0.25) is 0 Å². The van der Waals surface area contributed by atoms with Crippen LogP contribution in [0.5, 0.6) is 5.75 Å². The molecule has 2 aliphatic heterocycles. The molecule has 1 unspecified atom stereocenters. The molecule has 2 aromatic carbocycles. The zero-order valence-corrected chi connectivity index (χ0v) is 25.9. The number of rotatable bonds is 9. The van der Waals surface area contributed by atoms with Crippen molar-refractivity contribution in [3.63, 3.8) is 0 Å². The van der Waals surface area contributed by atoms with Crippen LogP contribution in [0.3, 0.4) is 0 Å². The van der Waals surface area contributed by atoms with E-state index < -0.39 is 21.2 Å². The van der Waals surface area contributed by atoms with Gasteiger partial charge in [0.1, 0.15) is 24.7 Å². The normalized spacial score (nSPS) is 16.8. The number of amides is 2. The topological polar surface area (TPSA) is 176 Å². The van der Waals surface area contributed by atoms with Crippen molar-refractivity contribution in [2.75, 3.05) is 30.3 Å². The second-order valence-electron chi connectivity index (χ2n) is 11.4. The van der Waals surface area contributed by atoms with Crippen LogP contribution in [0.4, 0.5) is 28.1 Å². The van der Waals surface area contributed by atoms with Crippen LogP contribution in [0, 0.1) is 6.92 Å². The fraction of sp³-hybridized carbons (Fsp3) is 0.433. The van der Waals surface area contributed by atoms with Gasteiger partial charge < -0.3 is 30.7 Å². The second-order valence-corrected chi connectivity index (χ2v) is 13.9. The van der Waals surface area contributed by atoms with Crippen molar-refractivity contribution in [2.45, 2.75) is 69.1 Å². The number of sulfone groups is 1. The molecule has 3 heterocycles. The molecule has 1 saturated heterocycles. The summed E-state index contributed by atoms with van der Waals surface area (Å²) in [6.45, 7) is 8.24. The molecule has 0 saturated carbocycles. The lowest BCUT2D eigenvalue weighted by Gasteiger charge is -2.34. The molecule has 1 atom stereocenters. The minimum atomic E-state index is -3.54. The summed E-state index contributed by atoms with van der Waals surface area (Å²) in [5, 5.41) is 16.7. The Morgan fingerprint density at radius 2 is 1.75 bits per heavy atom. The van der Waals surface area contributed by atoms with Gasteiger partial charge in [0.25, 0.3) is 0 Å². The van der Waals surface area contributed by atoms with E-state index in [0.717, 1.165) is 41.8 Å². The van der Waals surface area contributed by atoms with E-state index in [1.165, 1.54) is 11.9 Å². The Bertz CT molecular complexity index is 1670. The smallest absolute Gasteiger partial charge is 0.405 e. The number of ether oxygens (including phenoxy) is 1. The lowest BCUT2D eigenvalue weighted by Crippen LogP contribution is -2.43. The number of para-hydroxylation sites is 1. The average molecular weight is 624 g/mol. The van der Waals surface area contributed by atoms with Crippen LogP contribution in [0.1, 0.15) is 56.2 Å². The summed E-state index contributed by atoms with van der Waals surface area (Å²) >= 11 is 0. The summed E-state index contributed by atoms with van der Waals surface area (Å²) in [4.78, 5) is 38.0. The maximum atomic E-state index is 12.9. The molecule has 0 radical (unpaired) electrons. The third-order valence-corrected chi connectivity index (χ3v) is 10.2. The first-order chi connectivity index (χ1) is 20.9. The number of nitrogens with one attached hydrogen (secondary N) is 3. The second kappa shape index (κ2) is 12.6. The third-order valence-electron chi connectivity index (χ3n) is 7.97. The van der Waals surface area contributed by atoms with Crippen LogP contribution >= 0.6 is 0 Å². The maximum Gasteiger partial charge on any atom is 0.405 e. The Morgan fingerprint density at radius 1 is 1.09 bits per heavy atom. The van der Waals surface area contributed by atoms with Gasteiger partial charge >= 0.3 is 6.09 Å². The molecule has 1 aromatic heterocycles. The molecule has 13 nitrogen and oxygen atoms in total. The quantitative estimate of drug-likeness (QED) is 0.269. The van der Waals surface area contributed by atoms with Gasteiger partial charge in [0.2, 0.25) is 17.8 Å². The number of carbonyl (C=O) groups is 2. The van der Waals surface area contributed by atoms with Crippen molar-refractivity contribution < 1.29 is 27.9 Å². The number of aryl methyl sites for hydroxylation is 1. The fourth-order valence-electron chi connectivity index (χ4n) is 5.82. The lowest BCUT2D eigenvalue weighted by molar-refractivity contribution is -0.131. The molecule has 5 rings (SSSR count). The van der Waals surface area contributed by atoms with Crippen molar-refractivity contribution in [1.29, 1.82) is 0 Å². The number of anilines is 4. The predicted octanol–water partition coefficient (Wildman–Crippen LogP) is 4.15. The van der Waals surface area contributed by atoms with E-state index in [9.17, 15) is 18.0 Å². The highest BCUT2D eigenvalue weighted by molar-refractivity contribution is 7.92. The fourth-order valence-corrected chi connectivity index (χ4v) is 7.02. The lowest BCUT2D eigenvalue weighted by atomic mass is 9.82. The van der Waals surface area contributed by atoms with Crippen LogP contribution in [-0.2, 0) is 21.1 Å². The third kappa shape index (κ3) is 6.54. The largest absolute Gasteiger partial charge is 0.488 e. The summed E-state index contributed by atoms with van der Waals surface area (Å²) < 4.78 is 32.1. The first kappa shape index (κ1) is 31.0. The molecule has 3 aromatic rings. The Morgan fingerprint density at radius 3 is 2.41 bits per heavy atom. The molecule has 0 spiro atoms. The minimum Gasteiger partial charge on any atom is -0.488 e. The predicted molar refractivity (Wildman–Crippen MR) is 165 cm³/mol. The number of benzene rings is 2. The summed E-state index contributed by atoms with van der Waals surface area (Å²) in [5.41, 5.74) is 4.53. The zero-order chi connectivity index (χ0) is 31.6. The highest BCUT2D eigenvalue weighted by Gasteiger charge is 2.33. The van der Waals surface area contributed by atoms with Gasteiger partial charge in [0.15, 0.2) is 9.84 Å². The number of piperidine rings is 1. The molecule has 1 fully saturated rings. The van der Waals surface area contributed by atoms with E-state index in [1.54, 1.807) is 43.0 Å². The van der Waals surface area contributed by atoms with Crippen molar-refractivity contribution in [3.8, 4) is 5.75 Å². The van der Waals surface area contributed by atoms with Gasteiger partial charge in [-0.2, -0.15) is 4.98 Å². The number of aromatic nitrogens is 3. The molecule has 4 N–H and O–H groups in total. The molecule has 2 amide bonds. The monoisotopic (exact) mass is 623 g/mol. The minimum absolute atomic E-state index is 0.0233. The maximum absolute atomic E-state index is 12.9. The van der Waals surface area contributed by atoms with Gasteiger partial charge in [-0.1, -0.05) is 12.1 Å². The standard InChI is InChI=1S/C30H37N7O6S/c1-17(2)44(41,42)24-8-6-5-7-22(24)34-28-32-16-33-29(36-28)35-23-13-18(3)26(21-14-19(4)43-27(21)23)20-9-11-37(12-10-20)25(38)15-31-30(39)40/h5-8,13,16-17,19-20,31H,9-12,14-15H2,1-4H3,(H,39,40)(H2,32,33,34,35,36). The Hall–Kier alpha value is -4.46. The molecule has 234 valence electrons. The summed E-state index contributed by atoms with van der Waals surface area (Å²) in [7, 11) is -3.54. The van der Waals surface area contributed by atoms with Gasteiger partial charge in [-0.3, -0.25) is 4.79 Å². The number of hydrogen-bond acceptors (Lipinski definition) is 10. The number of fused-ring (bicyclic) bond motifs is 1. The SMILES string of the molecule is Cc1cc(Nc2ncnc(Nc3ccccc3S(=O)(=O)C(C)C)n2)c2c(c1C1CCN(C(=O)CNC(=O)O)CC1)CC(C)O2. The zero-order valence-electron chi connectivity index (χ0n) is 25.1. The van der Waals surface area contributed by atoms with Gasteiger partial charge in [-0.05, 0) is 75.8 Å². The van der Waals surface area contributed by atoms with E-state index in [0.29, 0.717) is 18.8 Å².